The van der Waals surface area contributed by atoms with E-state index in [0.717, 1.165) is 24.0 Å². The standard InChI is InChI=1S/C14H14BrFN4/c15-10-1-2-13(16)12(5-10)9-6-18-14(19-7-9)20-11-3-4-17-8-11/h1-2,5-7,11,17H,3-4,8H2,(H,18,19,20). The summed E-state index contributed by atoms with van der Waals surface area (Å²) in [7, 11) is 0. The fourth-order valence-electron chi connectivity index (χ4n) is 2.22. The molecule has 1 atom stereocenters. The zero-order chi connectivity index (χ0) is 13.9. The minimum Gasteiger partial charge on any atom is -0.350 e. The van der Waals surface area contributed by atoms with Gasteiger partial charge in [0.05, 0.1) is 0 Å². The molecule has 104 valence electrons. The number of hydrogen-bond donors (Lipinski definition) is 2. The predicted molar refractivity (Wildman–Crippen MR) is 80.0 cm³/mol. The molecular formula is C14H14BrFN4. The van der Waals surface area contributed by atoms with Crippen molar-refractivity contribution in [3.05, 3.63) is 40.9 Å². The van der Waals surface area contributed by atoms with Crippen LogP contribution in [0.2, 0.25) is 0 Å². The third kappa shape index (κ3) is 2.96. The summed E-state index contributed by atoms with van der Waals surface area (Å²) >= 11 is 3.34. The monoisotopic (exact) mass is 336 g/mol. The molecule has 0 radical (unpaired) electrons. The second kappa shape index (κ2) is 5.85. The highest BCUT2D eigenvalue weighted by Crippen LogP contribution is 2.25. The van der Waals surface area contributed by atoms with Crippen LogP contribution in [-0.4, -0.2) is 29.1 Å². The summed E-state index contributed by atoms with van der Waals surface area (Å²) < 4.78 is 14.6. The summed E-state index contributed by atoms with van der Waals surface area (Å²) in [5.41, 5.74) is 1.16. The molecule has 2 aromatic rings. The maximum absolute atomic E-state index is 13.8. The van der Waals surface area contributed by atoms with Crippen LogP contribution < -0.4 is 10.6 Å². The summed E-state index contributed by atoms with van der Waals surface area (Å²) in [5, 5.41) is 6.53. The Balaban J connectivity index is 1.79. The van der Waals surface area contributed by atoms with Crippen molar-refractivity contribution >= 4 is 21.9 Å². The van der Waals surface area contributed by atoms with Gasteiger partial charge in [0.25, 0.3) is 0 Å². The Morgan fingerprint density at radius 3 is 2.80 bits per heavy atom. The first-order valence-electron chi connectivity index (χ1n) is 6.47. The van der Waals surface area contributed by atoms with Gasteiger partial charge in [-0.1, -0.05) is 15.9 Å². The van der Waals surface area contributed by atoms with E-state index in [0.29, 0.717) is 23.1 Å². The van der Waals surface area contributed by atoms with Crippen molar-refractivity contribution in [1.29, 1.82) is 0 Å². The molecule has 0 saturated carbocycles. The van der Waals surface area contributed by atoms with Crippen LogP contribution in [0.25, 0.3) is 11.1 Å². The lowest BCUT2D eigenvalue weighted by Crippen LogP contribution is -2.23. The van der Waals surface area contributed by atoms with E-state index >= 15 is 0 Å². The second-order valence-corrected chi connectivity index (χ2v) is 5.67. The molecule has 1 aliphatic heterocycles. The average molecular weight is 337 g/mol. The SMILES string of the molecule is Fc1ccc(Br)cc1-c1cnc(NC2CCNC2)nc1. The third-order valence-electron chi connectivity index (χ3n) is 3.28. The minimum absolute atomic E-state index is 0.280. The molecule has 3 rings (SSSR count). The fourth-order valence-corrected chi connectivity index (χ4v) is 2.58. The highest BCUT2D eigenvalue weighted by Gasteiger charge is 2.15. The number of rotatable bonds is 3. The average Bonchev–Trinajstić information content (AvgIpc) is 2.95. The molecular weight excluding hydrogens is 323 g/mol. The summed E-state index contributed by atoms with van der Waals surface area (Å²) in [5.74, 6) is 0.301. The molecule has 0 aliphatic carbocycles. The molecule has 0 amide bonds. The molecule has 1 unspecified atom stereocenters. The lowest BCUT2D eigenvalue weighted by Gasteiger charge is -2.11. The van der Waals surface area contributed by atoms with E-state index in [1.807, 2.05) is 0 Å². The van der Waals surface area contributed by atoms with Crippen molar-refractivity contribution in [2.75, 3.05) is 18.4 Å². The zero-order valence-electron chi connectivity index (χ0n) is 10.7. The topological polar surface area (TPSA) is 49.8 Å². The van der Waals surface area contributed by atoms with Crippen molar-refractivity contribution in [3.8, 4) is 11.1 Å². The number of halogens is 2. The van der Waals surface area contributed by atoms with Gasteiger partial charge in [-0.25, -0.2) is 14.4 Å². The number of aromatic nitrogens is 2. The van der Waals surface area contributed by atoms with Crippen molar-refractivity contribution in [2.24, 2.45) is 0 Å². The molecule has 1 aliphatic rings. The molecule has 1 aromatic carbocycles. The van der Waals surface area contributed by atoms with Crippen LogP contribution in [0.1, 0.15) is 6.42 Å². The zero-order valence-corrected chi connectivity index (χ0v) is 12.3. The molecule has 6 heteroatoms. The quantitative estimate of drug-likeness (QED) is 0.904. The Labute approximate surface area is 125 Å². The normalized spacial score (nSPS) is 18.2. The van der Waals surface area contributed by atoms with E-state index in [4.69, 9.17) is 0 Å². The van der Waals surface area contributed by atoms with E-state index in [1.165, 1.54) is 6.07 Å². The Morgan fingerprint density at radius 1 is 1.30 bits per heavy atom. The van der Waals surface area contributed by atoms with Crippen LogP contribution in [0.5, 0.6) is 0 Å². The number of nitrogens with zero attached hydrogens (tertiary/aromatic N) is 2. The fraction of sp³-hybridized carbons (Fsp3) is 0.286. The van der Waals surface area contributed by atoms with Crippen LogP contribution in [0.4, 0.5) is 10.3 Å². The lowest BCUT2D eigenvalue weighted by molar-refractivity contribution is 0.631. The van der Waals surface area contributed by atoms with Crippen LogP contribution in [0.3, 0.4) is 0 Å². The Hall–Kier alpha value is -1.53. The van der Waals surface area contributed by atoms with Crippen molar-refractivity contribution < 1.29 is 4.39 Å². The molecule has 1 fully saturated rings. The van der Waals surface area contributed by atoms with Crippen LogP contribution >= 0.6 is 15.9 Å². The maximum Gasteiger partial charge on any atom is 0.222 e. The van der Waals surface area contributed by atoms with Gasteiger partial charge >= 0.3 is 0 Å². The highest BCUT2D eigenvalue weighted by atomic mass is 79.9. The number of benzene rings is 1. The molecule has 4 nitrogen and oxygen atoms in total. The smallest absolute Gasteiger partial charge is 0.222 e. The number of nitrogens with one attached hydrogen (secondary N) is 2. The van der Waals surface area contributed by atoms with Crippen molar-refractivity contribution in [2.45, 2.75) is 12.5 Å². The third-order valence-corrected chi connectivity index (χ3v) is 3.78. The summed E-state index contributed by atoms with van der Waals surface area (Å²) in [6.07, 6.45) is 4.34. The lowest BCUT2D eigenvalue weighted by atomic mass is 10.1. The Morgan fingerprint density at radius 2 is 2.10 bits per heavy atom. The molecule has 0 bridgehead atoms. The van der Waals surface area contributed by atoms with Gasteiger partial charge in [-0.05, 0) is 31.2 Å². The summed E-state index contributed by atoms with van der Waals surface area (Å²) in [6.45, 7) is 1.93. The molecule has 1 aromatic heterocycles. The van der Waals surface area contributed by atoms with Gasteiger partial charge in [0.15, 0.2) is 0 Å². The van der Waals surface area contributed by atoms with E-state index in [9.17, 15) is 4.39 Å². The Kier molecular flexibility index (Phi) is 3.93. The molecule has 1 saturated heterocycles. The van der Waals surface area contributed by atoms with Crippen LogP contribution in [0, 0.1) is 5.82 Å². The Bertz CT molecular complexity index is 597. The number of hydrogen-bond acceptors (Lipinski definition) is 4. The van der Waals surface area contributed by atoms with E-state index < -0.39 is 0 Å². The van der Waals surface area contributed by atoms with Crippen molar-refractivity contribution in [1.82, 2.24) is 15.3 Å². The minimum atomic E-state index is -0.280. The van der Waals surface area contributed by atoms with Gasteiger partial charge in [-0.3, -0.25) is 0 Å². The molecule has 0 spiro atoms. The number of anilines is 1. The van der Waals surface area contributed by atoms with Crippen LogP contribution in [0.15, 0.2) is 35.1 Å². The maximum atomic E-state index is 13.8. The molecule has 2 heterocycles. The van der Waals surface area contributed by atoms with Crippen LogP contribution in [-0.2, 0) is 0 Å². The molecule has 20 heavy (non-hydrogen) atoms. The predicted octanol–water partition coefficient (Wildman–Crippen LogP) is 2.82. The van der Waals surface area contributed by atoms with E-state index in [2.05, 4.69) is 36.5 Å². The first-order chi connectivity index (χ1) is 9.72. The first-order valence-corrected chi connectivity index (χ1v) is 7.26. The van der Waals surface area contributed by atoms with Gasteiger partial charge in [0.1, 0.15) is 5.82 Å². The van der Waals surface area contributed by atoms with Gasteiger partial charge in [0, 0.05) is 40.6 Å². The molecule has 2 N–H and O–H groups in total. The van der Waals surface area contributed by atoms with Gasteiger partial charge < -0.3 is 10.6 Å². The summed E-state index contributed by atoms with van der Waals surface area (Å²) in [4.78, 5) is 8.51. The summed E-state index contributed by atoms with van der Waals surface area (Å²) in [6, 6.07) is 5.18. The van der Waals surface area contributed by atoms with Gasteiger partial charge in [-0.2, -0.15) is 0 Å². The van der Waals surface area contributed by atoms with Gasteiger partial charge in [0.2, 0.25) is 5.95 Å². The van der Waals surface area contributed by atoms with Crippen molar-refractivity contribution in [3.63, 3.8) is 0 Å². The first kappa shape index (κ1) is 13.5. The highest BCUT2D eigenvalue weighted by molar-refractivity contribution is 9.10. The second-order valence-electron chi connectivity index (χ2n) is 4.75. The van der Waals surface area contributed by atoms with Gasteiger partial charge in [-0.15, -0.1) is 0 Å². The van der Waals surface area contributed by atoms with E-state index in [1.54, 1.807) is 24.5 Å². The largest absolute Gasteiger partial charge is 0.350 e. The van der Waals surface area contributed by atoms with E-state index in [-0.39, 0.29) is 5.82 Å².